The zero-order chi connectivity index (χ0) is 17.1. The van der Waals surface area contributed by atoms with Gasteiger partial charge in [0, 0.05) is 37.6 Å². The maximum atomic E-state index is 12.8. The first-order chi connectivity index (χ1) is 11.5. The van der Waals surface area contributed by atoms with Gasteiger partial charge in [-0.05, 0) is 51.2 Å². The number of likely N-dealkylation sites (tertiary alicyclic amines) is 1. The lowest BCUT2D eigenvalue weighted by Crippen LogP contribution is -2.44. The van der Waals surface area contributed by atoms with Crippen molar-refractivity contribution >= 4 is 17.3 Å². The largest absolute Gasteiger partial charge is 0.353 e. The van der Waals surface area contributed by atoms with Crippen LogP contribution >= 0.6 is 0 Å². The average Bonchev–Trinajstić information content (AvgIpc) is 2.99. The Labute approximate surface area is 143 Å². The fraction of sp³-hybridized carbons (Fsp3) is 0.444. The molecular weight excluding hydrogens is 302 g/mol. The van der Waals surface area contributed by atoms with Crippen molar-refractivity contribution in [3.8, 4) is 0 Å². The van der Waals surface area contributed by atoms with Crippen LogP contribution in [0, 0.1) is 0 Å². The minimum atomic E-state index is 0.0828. The van der Waals surface area contributed by atoms with Crippen molar-refractivity contribution in [2.45, 2.75) is 18.9 Å². The first kappa shape index (κ1) is 16.5. The predicted octanol–water partition coefficient (Wildman–Crippen LogP) is 2.33. The molecule has 1 saturated heterocycles. The van der Waals surface area contributed by atoms with Gasteiger partial charge in [-0.25, -0.2) is 0 Å². The lowest BCUT2D eigenvalue weighted by Gasteiger charge is -2.35. The third-order valence-corrected chi connectivity index (χ3v) is 4.66. The van der Waals surface area contributed by atoms with Gasteiger partial charge in [-0.3, -0.25) is 9.48 Å². The maximum Gasteiger partial charge on any atom is 0.253 e. The third-order valence-electron chi connectivity index (χ3n) is 4.66. The lowest BCUT2D eigenvalue weighted by atomic mass is 10.0. The normalized spacial score (nSPS) is 16.1. The number of aryl methyl sites for hydroxylation is 1. The zero-order valence-electron chi connectivity index (χ0n) is 14.6. The number of nitrogens with one attached hydrogen (secondary N) is 1. The van der Waals surface area contributed by atoms with Crippen LogP contribution in [0.5, 0.6) is 0 Å². The summed E-state index contributed by atoms with van der Waals surface area (Å²) < 4.78 is 1.74. The highest BCUT2D eigenvalue weighted by atomic mass is 16.2. The number of anilines is 2. The summed E-state index contributed by atoms with van der Waals surface area (Å²) in [6.45, 7) is 2.09. The molecule has 0 unspecified atom stereocenters. The third kappa shape index (κ3) is 3.76. The van der Waals surface area contributed by atoms with E-state index >= 15 is 0 Å². The Bertz CT molecular complexity index is 703. The van der Waals surface area contributed by atoms with Gasteiger partial charge in [-0.2, -0.15) is 5.10 Å². The van der Waals surface area contributed by atoms with Crippen LogP contribution in [-0.2, 0) is 7.05 Å². The van der Waals surface area contributed by atoms with E-state index in [1.54, 1.807) is 10.9 Å². The molecule has 6 heteroatoms. The second kappa shape index (κ2) is 7.05. The highest BCUT2D eigenvalue weighted by Crippen LogP contribution is 2.20. The molecule has 0 bridgehead atoms. The second-order valence-electron chi connectivity index (χ2n) is 6.56. The van der Waals surface area contributed by atoms with E-state index in [4.69, 9.17) is 0 Å². The van der Waals surface area contributed by atoms with Crippen LogP contribution in [0.25, 0.3) is 0 Å². The quantitative estimate of drug-likeness (QED) is 0.936. The van der Waals surface area contributed by atoms with E-state index in [9.17, 15) is 4.79 Å². The lowest BCUT2D eigenvalue weighted by molar-refractivity contribution is 0.0659. The molecule has 0 saturated carbocycles. The Kier molecular flexibility index (Phi) is 4.85. The van der Waals surface area contributed by atoms with E-state index in [-0.39, 0.29) is 5.91 Å². The number of aromatic nitrogens is 2. The van der Waals surface area contributed by atoms with E-state index in [2.05, 4.69) is 22.4 Å². The molecule has 24 heavy (non-hydrogen) atoms. The molecule has 1 N–H and O–H groups in total. The van der Waals surface area contributed by atoms with Crippen molar-refractivity contribution in [2.75, 3.05) is 32.5 Å². The molecule has 1 amide bonds. The van der Waals surface area contributed by atoms with Gasteiger partial charge >= 0.3 is 0 Å². The summed E-state index contributed by atoms with van der Waals surface area (Å²) in [6, 6.07) is 7.97. The Morgan fingerprint density at radius 1 is 1.25 bits per heavy atom. The van der Waals surface area contributed by atoms with Gasteiger partial charge in [0.15, 0.2) is 0 Å². The molecule has 2 aromatic rings. The summed E-state index contributed by atoms with van der Waals surface area (Å²) in [7, 11) is 5.92. The first-order valence-electron chi connectivity index (χ1n) is 8.34. The highest BCUT2D eigenvalue weighted by molar-refractivity contribution is 5.95. The number of benzene rings is 1. The molecule has 0 radical (unpaired) electrons. The molecule has 1 aliphatic rings. The number of carbonyl (C=O) groups excluding carboxylic acids is 1. The van der Waals surface area contributed by atoms with Crippen molar-refractivity contribution in [1.29, 1.82) is 0 Å². The number of carbonyl (C=O) groups is 1. The smallest absolute Gasteiger partial charge is 0.253 e. The number of amides is 1. The van der Waals surface area contributed by atoms with Crippen molar-refractivity contribution in [3.05, 3.63) is 42.2 Å². The van der Waals surface area contributed by atoms with E-state index in [0.29, 0.717) is 11.6 Å². The SMILES string of the molecule is CN1CCC(N(C)C(=O)c2cccc(Nc3cnn(C)c3)c2)CC1. The van der Waals surface area contributed by atoms with Gasteiger partial charge in [0.1, 0.15) is 0 Å². The summed E-state index contributed by atoms with van der Waals surface area (Å²) >= 11 is 0. The fourth-order valence-electron chi connectivity index (χ4n) is 3.13. The summed E-state index contributed by atoms with van der Waals surface area (Å²) in [6.07, 6.45) is 5.73. The Balaban J connectivity index is 1.69. The Morgan fingerprint density at radius 3 is 2.67 bits per heavy atom. The van der Waals surface area contributed by atoms with Crippen molar-refractivity contribution in [2.24, 2.45) is 7.05 Å². The van der Waals surface area contributed by atoms with Crippen LogP contribution in [-0.4, -0.2) is 58.7 Å². The number of nitrogens with zero attached hydrogens (tertiary/aromatic N) is 4. The van der Waals surface area contributed by atoms with Crippen LogP contribution in [0.1, 0.15) is 23.2 Å². The van der Waals surface area contributed by atoms with Crippen LogP contribution in [0.2, 0.25) is 0 Å². The molecule has 1 aliphatic heterocycles. The van der Waals surface area contributed by atoms with Crippen LogP contribution in [0.4, 0.5) is 11.4 Å². The minimum Gasteiger partial charge on any atom is -0.353 e. The Hall–Kier alpha value is -2.34. The van der Waals surface area contributed by atoms with E-state index in [0.717, 1.165) is 37.3 Å². The van der Waals surface area contributed by atoms with Crippen LogP contribution in [0.15, 0.2) is 36.7 Å². The van der Waals surface area contributed by atoms with Crippen molar-refractivity contribution < 1.29 is 4.79 Å². The standard InChI is InChI=1S/C18H25N5O/c1-21-9-7-17(8-10-21)23(3)18(24)14-5-4-6-15(11-14)20-16-12-19-22(2)13-16/h4-6,11-13,17,20H,7-10H2,1-3H3. The van der Waals surface area contributed by atoms with Crippen molar-refractivity contribution in [1.82, 2.24) is 19.6 Å². The second-order valence-corrected chi connectivity index (χ2v) is 6.56. The number of rotatable bonds is 4. The van der Waals surface area contributed by atoms with E-state index in [1.807, 2.05) is 49.5 Å². The minimum absolute atomic E-state index is 0.0828. The van der Waals surface area contributed by atoms with Crippen LogP contribution < -0.4 is 5.32 Å². The molecule has 128 valence electrons. The predicted molar refractivity (Wildman–Crippen MR) is 95.5 cm³/mol. The summed E-state index contributed by atoms with van der Waals surface area (Å²) in [5, 5.41) is 7.42. The summed E-state index contributed by atoms with van der Waals surface area (Å²) in [5.74, 6) is 0.0828. The molecule has 1 aromatic carbocycles. The van der Waals surface area contributed by atoms with Crippen LogP contribution in [0.3, 0.4) is 0 Å². The number of hydrogen-bond acceptors (Lipinski definition) is 4. The first-order valence-corrected chi connectivity index (χ1v) is 8.34. The van der Waals surface area contributed by atoms with E-state index in [1.165, 1.54) is 0 Å². The molecule has 1 fully saturated rings. The molecule has 3 rings (SSSR count). The fourth-order valence-corrected chi connectivity index (χ4v) is 3.13. The van der Waals surface area contributed by atoms with Gasteiger partial charge < -0.3 is 15.1 Å². The average molecular weight is 327 g/mol. The molecule has 6 nitrogen and oxygen atoms in total. The zero-order valence-corrected chi connectivity index (χ0v) is 14.6. The topological polar surface area (TPSA) is 53.4 Å². The van der Waals surface area contributed by atoms with Crippen molar-refractivity contribution in [3.63, 3.8) is 0 Å². The number of hydrogen-bond donors (Lipinski definition) is 1. The monoisotopic (exact) mass is 327 g/mol. The molecule has 0 atom stereocenters. The molecule has 1 aromatic heterocycles. The van der Waals surface area contributed by atoms with Gasteiger partial charge in [0.2, 0.25) is 0 Å². The molecule has 2 heterocycles. The molecule has 0 aliphatic carbocycles. The summed E-state index contributed by atoms with van der Waals surface area (Å²) in [5.41, 5.74) is 2.52. The van der Waals surface area contributed by atoms with Gasteiger partial charge in [0.05, 0.1) is 11.9 Å². The molecular formula is C18H25N5O. The maximum absolute atomic E-state index is 12.8. The van der Waals surface area contributed by atoms with E-state index < -0.39 is 0 Å². The highest BCUT2D eigenvalue weighted by Gasteiger charge is 2.24. The summed E-state index contributed by atoms with van der Waals surface area (Å²) in [4.78, 5) is 17.0. The molecule has 0 spiro atoms. The number of piperidine rings is 1. The Morgan fingerprint density at radius 2 is 2.00 bits per heavy atom. The van der Waals surface area contributed by atoms with Gasteiger partial charge in [-0.1, -0.05) is 6.07 Å². The van der Waals surface area contributed by atoms with Gasteiger partial charge in [-0.15, -0.1) is 0 Å². The van der Waals surface area contributed by atoms with Gasteiger partial charge in [0.25, 0.3) is 5.91 Å².